The molecule has 1 fully saturated rings. The molecule has 1 aromatic heterocycles. The van der Waals surface area contributed by atoms with Crippen molar-refractivity contribution in [1.29, 1.82) is 0 Å². The monoisotopic (exact) mass is 248 g/mol. The second kappa shape index (κ2) is 5.16. The number of carbonyl (C=O) groups excluding carboxylic acids is 1. The maximum Gasteiger partial charge on any atom is 0.337 e. The molecule has 2 rings (SSSR count). The lowest BCUT2D eigenvalue weighted by molar-refractivity contribution is 0.0626. The van der Waals surface area contributed by atoms with E-state index in [0.717, 1.165) is 25.8 Å². The zero-order valence-electron chi connectivity index (χ0n) is 10.3. The van der Waals surface area contributed by atoms with Gasteiger partial charge in [0, 0.05) is 18.8 Å². The summed E-state index contributed by atoms with van der Waals surface area (Å²) in [7, 11) is 0. The molecule has 1 saturated heterocycles. The summed E-state index contributed by atoms with van der Waals surface area (Å²) < 4.78 is 0. The van der Waals surface area contributed by atoms with E-state index in [1.54, 1.807) is 0 Å². The maximum atomic E-state index is 12.2. The van der Waals surface area contributed by atoms with Gasteiger partial charge in [-0.1, -0.05) is 0 Å². The molecule has 5 heteroatoms. The van der Waals surface area contributed by atoms with Crippen LogP contribution in [0.15, 0.2) is 18.3 Å². The average Bonchev–Trinajstić information content (AvgIpc) is 2.38. The minimum atomic E-state index is -1.03. The lowest BCUT2D eigenvalue weighted by Gasteiger charge is -2.33. The van der Waals surface area contributed by atoms with Gasteiger partial charge in [0.05, 0.1) is 5.56 Å². The molecule has 0 saturated carbocycles. The van der Waals surface area contributed by atoms with E-state index in [1.807, 2.05) is 11.8 Å². The normalized spacial score (nSPS) is 19.6. The summed E-state index contributed by atoms with van der Waals surface area (Å²) in [5, 5.41) is 8.77. The van der Waals surface area contributed by atoms with Crippen LogP contribution in [0.2, 0.25) is 0 Å². The number of amides is 1. The Balaban J connectivity index is 2.15. The van der Waals surface area contributed by atoms with Crippen LogP contribution in [0.25, 0.3) is 0 Å². The second-order valence-electron chi connectivity index (χ2n) is 4.58. The van der Waals surface area contributed by atoms with Crippen molar-refractivity contribution in [2.75, 3.05) is 6.54 Å². The fourth-order valence-electron chi connectivity index (χ4n) is 2.19. The number of nitrogens with zero attached hydrogens (tertiary/aromatic N) is 2. The molecule has 96 valence electrons. The third-order valence-corrected chi connectivity index (χ3v) is 3.29. The molecule has 1 unspecified atom stereocenters. The van der Waals surface area contributed by atoms with Gasteiger partial charge in [-0.25, -0.2) is 4.79 Å². The number of hydrogen-bond acceptors (Lipinski definition) is 3. The number of carboxylic acid groups (broad SMARTS) is 1. The van der Waals surface area contributed by atoms with Crippen molar-refractivity contribution in [1.82, 2.24) is 9.88 Å². The molecular formula is C13H16N2O3. The van der Waals surface area contributed by atoms with Crippen molar-refractivity contribution >= 4 is 11.9 Å². The summed E-state index contributed by atoms with van der Waals surface area (Å²) in [5.74, 6) is -1.15. The van der Waals surface area contributed by atoms with Gasteiger partial charge in [0.25, 0.3) is 5.91 Å². The average molecular weight is 248 g/mol. The first-order valence-corrected chi connectivity index (χ1v) is 6.10. The molecular weight excluding hydrogens is 232 g/mol. The molecule has 2 heterocycles. The Bertz CT molecular complexity index is 456. The molecule has 0 bridgehead atoms. The maximum absolute atomic E-state index is 12.2. The highest BCUT2D eigenvalue weighted by atomic mass is 16.4. The minimum absolute atomic E-state index is 0.0956. The van der Waals surface area contributed by atoms with Crippen molar-refractivity contribution in [3.8, 4) is 0 Å². The number of piperidine rings is 1. The predicted octanol–water partition coefficient (Wildman–Crippen LogP) is 1.79. The van der Waals surface area contributed by atoms with Gasteiger partial charge < -0.3 is 10.0 Å². The fraction of sp³-hybridized carbons (Fsp3) is 0.462. The van der Waals surface area contributed by atoms with E-state index in [-0.39, 0.29) is 17.5 Å². The van der Waals surface area contributed by atoms with Crippen molar-refractivity contribution in [3.05, 3.63) is 29.6 Å². The van der Waals surface area contributed by atoms with Gasteiger partial charge in [0.1, 0.15) is 5.69 Å². The second-order valence-corrected chi connectivity index (χ2v) is 4.58. The van der Waals surface area contributed by atoms with E-state index in [1.165, 1.54) is 18.3 Å². The number of aromatic nitrogens is 1. The first-order valence-electron chi connectivity index (χ1n) is 6.10. The summed E-state index contributed by atoms with van der Waals surface area (Å²) in [6.07, 6.45) is 4.41. The zero-order valence-corrected chi connectivity index (χ0v) is 10.3. The van der Waals surface area contributed by atoms with Crippen molar-refractivity contribution in [2.24, 2.45) is 0 Å². The van der Waals surface area contributed by atoms with Gasteiger partial charge >= 0.3 is 5.97 Å². The van der Waals surface area contributed by atoms with Crippen LogP contribution in [-0.4, -0.2) is 39.5 Å². The standard InChI is InChI=1S/C13H16N2O3/c1-9-4-2-3-7-15(9)12(16)11-6-5-10(8-14-11)13(17)18/h5-6,8-9H,2-4,7H2,1H3,(H,17,18). The Morgan fingerprint density at radius 1 is 1.39 bits per heavy atom. The molecule has 18 heavy (non-hydrogen) atoms. The Labute approximate surface area is 105 Å². The van der Waals surface area contributed by atoms with Crippen molar-refractivity contribution in [3.63, 3.8) is 0 Å². The first kappa shape index (κ1) is 12.5. The molecule has 0 aliphatic carbocycles. The lowest BCUT2D eigenvalue weighted by atomic mass is 10.0. The highest BCUT2D eigenvalue weighted by Crippen LogP contribution is 2.18. The molecule has 0 aromatic carbocycles. The van der Waals surface area contributed by atoms with Gasteiger partial charge in [-0.15, -0.1) is 0 Å². The van der Waals surface area contributed by atoms with Gasteiger partial charge in [-0.2, -0.15) is 0 Å². The zero-order chi connectivity index (χ0) is 13.1. The van der Waals surface area contributed by atoms with Crippen LogP contribution in [0.3, 0.4) is 0 Å². The van der Waals surface area contributed by atoms with E-state index in [9.17, 15) is 9.59 Å². The molecule has 0 radical (unpaired) electrons. The van der Waals surface area contributed by atoms with Gasteiger partial charge in [-0.3, -0.25) is 9.78 Å². The first-order chi connectivity index (χ1) is 8.59. The number of carbonyl (C=O) groups is 2. The third-order valence-electron chi connectivity index (χ3n) is 3.29. The molecule has 5 nitrogen and oxygen atoms in total. The van der Waals surface area contributed by atoms with Crippen molar-refractivity contribution in [2.45, 2.75) is 32.2 Å². The van der Waals surface area contributed by atoms with Crippen LogP contribution in [0.5, 0.6) is 0 Å². The summed E-state index contributed by atoms with van der Waals surface area (Å²) in [4.78, 5) is 28.7. The van der Waals surface area contributed by atoms with Crippen LogP contribution in [0, 0.1) is 0 Å². The molecule has 1 atom stereocenters. The number of aromatic carboxylic acids is 1. The van der Waals surface area contributed by atoms with Crippen LogP contribution < -0.4 is 0 Å². The molecule has 1 N–H and O–H groups in total. The van der Waals surface area contributed by atoms with Crippen LogP contribution >= 0.6 is 0 Å². The Hall–Kier alpha value is -1.91. The van der Waals surface area contributed by atoms with E-state index >= 15 is 0 Å². The van der Waals surface area contributed by atoms with Crippen LogP contribution in [-0.2, 0) is 0 Å². The Morgan fingerprint density at radius 2 is 2.17 bits per heavy atom. The van der Waals surface area contributed by atoms with E-state index in [4.69, 9.17) is 5.11 Å². The largest absolute Gasteiger partial charge is 0.478 e. The topological polar surface area (TPSA) is 70.5 Å². The predicted molar refractivity (Wildman–Crippen MR) is 65.5 cm³/mol. The van der Waals surface area contributed by atoms with Crippen LogP contribution in [0.4, 0.5) is 0 Å². The van der Waals surface area contributed by atoms with Gasteiger partial charge in [0.2, 0.25) is 0 Å². The highest BCUT2D eigenvalue weighted by molar-refractivity contribution is 5.94. The Kier molecular flexibility index (Phi) is 3.60. The van der Waals surface area contributed by atoms with Crippen molar-refractivity contribution < 1.29 is 14.7 Å². The van der Waals surface area contributed by atoms with Gasteiger partial charge in [-0.05, 0) is 38.3 Å². The molecule has 1 amide bonds. The van der Waals surface area contributed by atoms with Gasteiger partial charge in [0.15, 0.2) is 0 Å². The third kappa shape index (κ3) is 2.50. The summed E-state index contributed by atoms with van der Waals surface area (Å²) in [5.41, 5.74) is 0.409. The number of carboxylic acids is 1. The summed E-state index contributed by atoms with van der Waals surface area (Å²) in [6, 6.07) is 3.12. The number of pyridine rings is 1. The summed E-state index contributed by atoms with van der Waals surface area (Å²) in [6.45, 7) is 2.78. The van der Waals surface area contributed by atoms with Crippen LogP contribution in [0.1, 0.15) is 47.0 Å². The number of hydrogen-bond donors (Lipinski definition) is 1. The van der Waals surface area contributed by atoms with E-state index in [2.05, 4.69) is 4.98 Å². The summed E-state index contributed by atoms with van der Waals surface area (Å²) >= 11 is 0. The van der Waals surface area contributed by atoms with E-state index < -0.39 is 5.97 Å². The molecule has 1 aliphatic rings. The van der Waals surface area contributed by atoms with E-state index in [0.29, 0.717) is 5.69 Å². The smallest absolute Gasteiger partial charge is 0.337 e. The Morgan fingerprint density at radius 3 is 2.72 bits per heavy atom. The number of rotatable bonds is 2. The number of likely N-dealkylation sites (tertiary alicyclic amines) is 1. The molecule has 1 aromatic rings. The fourth-order valence-corrected chi connectivity index (χ4v) is 2.19. The SMILES string of the molecule is CC1CCCCN1C(=O)c1ccc(C(=O)O)cn1. The lowest BCUT2D eigenvalue weighted by Crippen LogP contribution is -2.42. The quantitative estimate of drug-likeness (QED) is 0.866. The minimum Gasteiger partial charge on any atom is -0.478 e. The molecule has 0 spiro atoms. The molecule has 1 aliphatic heterocycles. The highest BCUT2D eigenvalue weighted by Gasteiger charge is 2.24.